The first-order valence-corrected chi connectivity index (χ1v) is 14.3. The molecule has 0 radical (unpaired) electrons. The van der Waals surface area contributed by atoms with Gasteiger partial charge in [-0.2, -0.15) is 0 Å². The minimum Gasteiger partial charge on any atom is -0.458 e. The predicted octanol–water partition coefficient (Wildman–Crippen LogP) is 6.89. The number of hydrogen-bond donors (Lipinski definition) is 0. The number of aryl methyl sites for hydroxylation is 1. The van der Waals surface area contributed by atoms with E-state index in [2.05, 4.69) is 4.98 Å². The third kappa shape index (κ3) is 5.03. The summed E-state index contributed by atoms with van der Waals surface area (Å²) in [6, 6.07) is 18.6. The first-order chi connectivity index (χ1) is 19.1. The van der Waals surface area contributed by atoms with Gasteiger partial charge in [0.15, 0.2) is 5.69 Å². The molecule has 0 aliphatic rings. The monoisotopic (exact) mass is 578 g/mol. The van der Waals surface area contributed by atoms with E-state index in [1.54, 1.807) is 80.6 Å². The molecular weight excluding hydrogens is 552 g/mol. The Kier molecular flexibility index (Phi) is 7.55. The van der Waals surface area contributed by atoms with Crippen LogP contribution in [-0.2, 0) is 26.1 Å². The van der Waals surface area contributed by atoms with Crippen LogP contribution in [0.4, 0.5) is 0 Å². The molecule has 0 aliphatic heterocycles. The number of aromatic nitrogens is 2. The number of nitrogens with zero attached hydrogens (tertiary/aromatic N) is 2. The number of esters is 1. The zero-order chi connectivity index (χ0) is 28.6. The number of benzene rings is 3. The summed E-state index contributed by atoms with van der Waals surface area (Å²) in [5.74, 6) is 0.248. The lowest BCUT2D eigenvalue weighted by Gasteiger charge is -2.13. The smallest absolute Gasteiger partial charge is 0.357 e. The lowest BCUT2D eigenvalue weighted by molar-refractivity contribution is 0.0366. The molecule has 0 saturated carbocycles. The Morgan fingerprint density at radius 1 is 0.975 bits per heavy atom. The Morgan fingerprint density at radius 3 is 2.33 bits per heavy atom. The molecule has 10 heteroatoms. The molecule has 5 aromatic rings. The number of hydrogen-bond acceptors (Lipinski definition) is 7. The summed E-state index contributed by atoms with van der Waals surface area (Å²) in [5, 5.41) is 1.49. The van der Waals surface area contributed by atoms with Crippen molar-refractivity contribution in [1.82, 2.24) is 8.96 Å². The summed E-state index contributed by atoms with van der Waals surface area (Å²) >= 11 is 6.06. The Hall–Kier alpha value is -3.92. The van der Waals surface area contributed by atoms with Gasteiger partial charge in [-0.25, -0.2) is 22.2 Å². The molecular formula is C30H27ClN2O6S. The van der Waals surface area contributed by atoms with Crippen LogP contribution in [0.5, 0.6) is 11.5 Å². The first-order valence-electron chi connectivity index (χ1n) is 12.5. The van der Waals surface area contributed by atoms with Crippen molar-refractivity contribution >= 4 is 49.4 Å². The van der Waals surface area contributed by atoms with Crippen LogP contribution in [0, 0.1) is 6.92 Å². The fourth-order valence-corrected chi connectivity index (χ4v) is 6.19. The molecule has 0 N–H and O–H groups in total. The molecule has 0 bridgehead atoms. The van der Waals surface area contributed by atoms with Crippen LogP contribution >= 0.6 is 11.6 Å². The average Bonchev–Trinajstić information content (AvgIpc) is 3.26. The summed E-state index contributed by atoms with van der Waals surface area (Å²) in [6.45, 7) is 5.34. The maximum atomic E-state index is 14.1. The Bertz CT molecular complexity index is 1830. The zero-order valence-corrected chi connectivity index (χ0v) is 23.9. The summed E-state index contributed by atoms with van der Waals surface area (Å²) in [4.78, 5) is 17.6. The average molecular weight is 579 g/mol. The fourth-order valence-electron chi connectivity index (χ4n) is 4.56. The minimum atomic E-state index is -4.10. The Balaban J connectivity index is 1.88. The van der Waals surface area contributed by atoms with Gasteiger partial charge < -0.3 is 14.2 Å². The van der Waals surface area contributed by atoms with Crippen LogP contribution in [-0.4, -0.2) is 36.6 Å². The molecule has 2 aromatic heterocycles. The number of ether oxygens (including phenoxy) is 3. The maximum Gasteiger partial charge on any atom is 0.357 e. The van der Waals surface area contributed by atoms with Gasteiger partial charge in [-0.3, -0.25) is 0 Å². The number of carbonyl (C=O) groups is 1. The van der Waals surface area contributed by atoms with Gasteiger partial charge in [-0.05, 0) is 69.3 Å². The molecule has 206 valence electrons. The highest BCUT2D eigenvalue weighted by Gasteiger charge is 2.29. The highest BCUT2D eigenvalue weighted by Crippen LogP contribution is 2.42. The van der Waals surface area contributed by atoms with Crippen molar-refractivity contribution < 1.29 is 27.4 Å². The summed E-state index contributed by atoms with van der Waals surface area (Å²) in [7, 11) is -2.61. The second-order valence-corrected chi connectivity index (χ2v) is 11.7. The molecule has 5 rings (SSSR count). The van der Waals surface area contributed by atoms with Crippen LogP contribution in [0.1, 0.15) is 35.5 Å². The highest BCUT2D eigenvalue weighted by molar-refractivity contribution is 7.90. The van der Waals surface area contributed by atoms with E-state index < -0.39 is 16.0 Å². The number of rotatable bonds is 8. The topological polar surface area (TPSA) is 96.7 Å². The van der Waals surface area contributed by atoms with Gasteiger partial charge in [0.05, 0.1) is 40.2 Å². The van der Waals surface area contributed by atoms with E-state index >= 15 is 0 Å². The lowest BCUT2D eigenvalue weighted by atomic mass is 10.0. The van der Waals surface area contributed by atoms with Gasteiger partial charge in [-0.1, -0.05) is 35.4 Å². The minimum absolute atomic E-state index is 0.0220. The van der Waals surface area contributed by atoms with Crippen LogP contribution in [0.2, 0.25) is 5.02 Å². The molecule has 0 atom stereocenters. The van der Waals surface area contributed by atoms with Crippen molar-refractivity contribution in [3.63, 3.8) is 0 Å². The van der Waals surface area contributed by atoms with Crippen molar-refractivity contribution in [2.24, 2.45) is 0 Å². The maximum absolute atomic E-state index is 14.1. The quantitative estimate of drug-likeness (QED) is 0.185. The highest BCUT2D eigenvalue weighted by atomic mass is 35.5. The molecule has 8 nitrogen and oxygen atoms in total. The molecule has 2 heterocycles. The first kappa shape index (κ1) is 27.6. The SMILES string of the molecule is COCc1c(C(=O)OC(C)C)ncc2c1c1c(Oc3ccc(Cl)cc3)cccc1n2S(=O)(=O)c1ccc(C)cc1. The van der Waals surface area contributed by atoms with E-state index in [9.17, 15) is 13.2 Å². The molecule has 0 aliphatic carbocycles. The van der Waals surface area contributed by atoms with E-state index in [1.165, 1.54) is 17.3 Å². The summed E-state index contributed by atoms with van der Waals surface area (Å²) < 4.78 is 46.7. The van der Waals surface area contributed by atoms with Crippen molar-refractivity contribution in [3.8, 4) is 11.5 Å². The molecule has 3 aromatic carbocycles. The van der Waals surface area contributed by atoms with Gasteiger partial charge in [0.1, 0.15) is 11.5 Å². The largest absolute Gasteiger partial charge is 0.458 e. The van der Waals surface area contributed by atoms with Crippen LogP contribution in [0.15, 0.2) is 77.8 Å². The number of halogens is 1. The molecule has 0 spiro atoms. The molecule has 40 heavy (non-hydrogen) atoms. The summed E-state index contributed by atoms with van der Waals surface area (Å²) in [5.41, 5.74) is 1.99. The number of fused-ring (bicyclic) bond motifs is 3. The van der Waals surface area contributed by atoms with E-state index in [1.807, 2.05) is 6.92 Å². The Labute approximate surface area is 237 Å². The third-order valence-electron chi connectivity index (χ3n) is 6.28. The predicted molar refractivity (Wildman–Crippen MR) is 154 cm³/mol. The van der Waals surface area contributed by atoms with Crippen molar-refractivity contribution in [1.29, 1.82) is 0 Å². The zero-order valence-electron chi connectivity index (χ0n) is 22.3. The number of carbonyl (C=O) groups excluding carboxylic acids is 1. The van der Waals surface area contributed by atoms with Crippen LogP contribution < -0.4 is 4.74 Å². The van der Waals surface area contributed by atoms with Crippen LogP contribution in [0.3, 0.4) is 0 Å². The summed E-state index contributed by atoms with van der Waals surface area (Å²) in [6.07, 6.45) is 0.996. The van der Waals surface area contributed by atoms with Gasteiger partial charge in [0.2, 0.25) is 0 Å². The normalized spacial score (nSPS) is 11.8. The van der Waals surface area contributed by atoms with Crippen LogP contribution in [0.25, 0.3) is 21.8 Å². The third-order valence-corrected chi connectivity index (χ3v) is 8.27. The van der Waals surface area contributed by atoms with Crippen molar-refractivity contribution in [2.45, 2.75) is 38.4 Å². The number of methoxy groups -OCH3 is 1. The van der Waals surface area contributed by atoms with Gasteiger partial charge in [-0.15, -0.1) is 0 Å². The second-order valence-electron chi connectivity index (χ2n) is 9.52. The Morgan fingerprint density at radius 2 is 1.68 bits per heavy atom. The fraction of sp³-hybridized carbons (Fsp3) is 0.200. The number of pyridine rings is 1. The molecule has 0 unspecified atom stereocenters. The van der Waals surface area contributed by atoms with Crippen molar-refractivity contribution in [3.05, 3.63) is 94.8 Å². The van der Waals surface area contributed by atoms with Gasteiger partial charge in [0.25, 0.3) is 10.0 Å². The van der Waals surface area contributed by atoms with Gasteiger partial charge >= 0.3 is 5.97 Å². The van der Waals surface area contributed by atoms with Gasteiger partial charge in [0, 0.05) is 23.1 Å². The van der Waals surface area contributed by atoms with E-state index in [-0.39, 0.29) is 28.8 Å². The van der Waals surface area contributed by atoms with E-state index in [0.717, 1.165) is 5.56 Å². The lowest BCUT2D eigenvalue weighted by Crippen LogP contribution is -2.17. The van der Waals surface area contributed by atoms with E-state index in [0.29, 0.717) is 38.4 Å². The van der Waals surface area contributed by atoms with E-state index in [4.69, 9.17) is 25.8 Å². The molecule has 0 amide bonds. The van der Waals surface area contributed by atoms with Crippen molar-refractivity contribution in [2.75, 3.05) is 7.11 Å². The molecule has 0 fully saturated rings. The standard InChI is InChI=1S/C30H27ClN2O6S/c1-18(2)38-30(34)29-23(17-37-4)27-25(16-32-29)33(40(35,36)22-14-8-19(3)9-15-22)24-6-5-7-26(28(24)27)39-21-12-10-20(31)11-13-21/h5-16,18H,17H2,1-4H3. The second kappa shape index (κ2) is 10.9. The molecule has 0 saturated heterocycles.